The lowest BCUT2D eigenvalue weighted by Crippen LogP contribution is -2.41. The van der Waals surface area contributed by atoms with Crippen molar-refractivity contribution < 1.29 is 28.0 Å². The molecule has 1 aliphatic rings. The van der Waals surface area contributed by atoms with Gasteiger partial charge in [0.2, 0.25) is 0 Å². The average molecular weight is 593 g/mol. The molecule has 1 saturated heterocycles. The van der Waals surface area contributed by atoms with Crippen molar-refractivity contribution in [3.63, 3.8) is 0 Å². The van der Waals surface area contributed by atoms with Gasteiger partial charge in [0.25, 0.3) is 5.56 Å². The van der Waals surface area contributed by atoms with Crippen molar-refractivity contribution in [3.05, 3.63) is 92.7 Å². The van der Waals surface area contributed by atoms with Gasteiger partial charge in [-0.3, -0.25) is 13.9 Å². The molecule has 1 aliphatic heterocycles. The van der Waals surface area contributed by atoms with Crippen LogP contribution in [0.25, 0.3) is 11.0 Å². The molecule has 10 nitrogen and oxygen atoms in total. The Morgan fingerprint density at radius 2 is 2.05 bits per heavy atom. The van der Waals surface area contributed by atoms with E-state index in [2.05, 4.69) is 20.9 Å². The van der Waals surface area contributed by atoms with Crippen LogP contribution in [0.5, 0.6) is 0 Å². The molecule has 0 saturated carbocycles. The first-order valence-electron chi connectivity index (χ1n) is 11.3. The number of ether oxygens (including phenoxy) is 1. The Balaban J connectivity index is 1.49. The molecule has 0 bridgehead atoms. The first-order chi connectivity index (χ1) is 17.7. The summed E-state index contributed by atoms with van der Waals surface area (Å²) in [5.74, 6) is 0.208. The quantitative estimate of drug-likeness (QED) is 0.311. The Bertz CT molecular complexity index is 1550. The second-order valence-corrected chi connectivity index (χ2v) is 10.6. The van der Waals surface area contributed by atoms with Crippen LogP contribution < -0.4 is 10.5 Å². The van der Waals surface area contributed by atoms with E-state index in [0.29, 0.717) is 40.2 Å². The summed E-state index contributed by atoms with van der Waals surface area (Å²) in [4.78, 5) is 37.9. The zero-order valence-corrected chi connectivity index (χ0v) is 21.9. The molecule has 4 heterocycles. The lowest BCUT2D eigenvalue weighted by molar-refractivity contribution is 0.0921. The lowest BCUT2D eigenvalue weighted by Gasteiger charge is -2.37. The second-order valence-electron chi connectivity index (χ2n) is 8.52. The number of morpholine rings is 1. The number of phosphoric acid groups is 1. The number of pyridine rings is 2. The van der Waals surface area contributed by atoms with Gasteiger partial charge in [0, 0.05) is 36.0 Å². The SMILES string of the molecule is O=c1cc(C2COCCN2c2cc3cccnc3n2COP(=O)(O)O)ccn1Cc1cccc(Br)c1F. The van der Waals surface area contributed by atoms with Gasteiger partial charge in [0.05, 0.1) is 30.3 Å². The number of halogens is 2. The third-order valence-electron chi connectivity index (χ3n) is 6.19. The molecule has 3 aromatic heterocycles. The standard InChI is InChI=1S/C24H23BrFN4O6P/c25-19-5-1-3-18(23(19)26)13-28-8-6-16(12-22(28)31)20-14-35-10-9-29(20)21-11-17-4-2-7-27-24(17)30(21)15-36-37(32,33)34/h1-8,11-12,20H,9-10,13-15H2,(H2,32,33,34). The molecule has 1 atom stereocenters. The van der Waals surface area contributed by atoms with E-state index in [9.17, 15) is 23.5 Å². The highest BCUT2D eigenvalue weighted by Gasteiger charge is 2.29. The van der Waals surface area contributed by atoms with Gasteiger partial charge in [-0.25, -0.2) is 13.9 Å². The fraction of sp³-hybridized carbons (Fsp3) is 0.250. The Morgan fingerprint density at radius 3 is 2.84 bits per heavy atom. The van der Waals surface area contributed by atoms with Crippen molar-refractivity contribution in [2.24, 2.45) is 0 Å². The fourth-order valence-electron chi connectivity index (χ4n) is 4.44. The smallest absolute Gasteiger partial charge is 0.377 e. The molecular weight excluding hydrogens is 570 g/mol. The van der Waals surface area contributed by atoms with Crippen LogP contribution in [0.3, 0.4) is 0 Å². The van der Waals surface area contributed by atoms with E-state index in [1.54, 1.807) is 47.3 Å². The number of fused-ring (bicyclic) bond motifs is 1. The van der Waals surface area contributed by atoms with Crippen molar-refractivity contribution in [3.8, 4) is 0 Å². The van der Waals surface area contributed by atoms with Crippen molar-refractivity contribution in [2.75, 3.05) is 24.7 Å². The number of rotatable bonds is 7. The monoisotopic (exact) mass is 592 g/mol. The topological polar surface area (TPSA) is 119 Å². The average Bonchev–Trinajstić information content (AvgIpc) is 3.25. The van der Waals surface area contributed by atoms with Gasteiger partial charge in [-0.15, -0.1) is 0 Å². The van der Waals surface area contributed by atoms with Crippen molar-refractivity contribution >= 4 is 40.6 Å². The molecule has 2 N–H and O–H groups in total. The molecule has 0 spiro atoms. The van der Waals surface area contributed by atoms with Crippen LogP contribution in [0.1, 0.15) is 17.2 Å². The van der Waals surface area contributed by atoms with E-state index in [1.165, 1.54) is 10.6 Å². The predicted molar refractivity (Wildman–Crippen MR) is 138 cm³/mol. The number of hydrogen-bond donors (Lipinski definition) is 2. The number of hydrogen-bond acceptors (Lipinski definition) is 6. The molecule has 1 aromatic carbocycles. The highest BCUT2D eigenvalue weighted by molar-refractivity contribution is 9.10. The maximum absolute atomic E-state index is 14.4. The Hall–Kier alpha value is -2.86. The highest BCUT2D eigenvalue weighted by Crippen LogP contribution is 2.39. The van der Waals surface area contributed by atoms with Gasteiger partial charge in [-0.05, 0) is 51.8 Å². The predicted octanol–water partition coefficient (Wildman–Crippen LogP) is 3.79. The minimum atomic E-state index is -4.73. The summed E-state index contributed by atoms with van der Waals surface area (Å²) < 4.78 is 39.7. The third-order valence-corrected chi connectivity index (χ3v) is 7.25. The summed E-state index contributed by atoms with van der Waals surface area (Å²) in [5, 5.41) is 0.767. The van der Waals surface area contributed by atoms with Crippen molar-refractivity contribution in [1.29, 1.82) is 0 Å². The van der Waals surface area contributed by atoms with Crippen LogP contribution >= 0.6 is 23.8 Å². The minimum absolute atomic E-state index is 0.0783. The van der Waals surface area contributed by atoms with Crippen LogP contribution in [-0.2, 0) is 27.1 Å². The largest absolute Gasteiger partial charge is 0.471 e. The summed E-state index contributed by atoms with van der Waals surface area (Å²) in [6.45, 7) is 0.837. The molecule has 194 valence electrons. The zero-order chi connectivity index (χ0) is 26.2. The lowest BCUT2D eigenvalue weighted by atomic mass is 10.1. The normalized spacial score (nSPS) is 16.4. The van der Waals surface area contributed by atoms with Gasteiger partial charge >= 0.3 is 7.82 Å². The van der Waals surface area contributed by atoms with Gasteiger partial charge in [-0.2, -0.15) is 0 Å². The maximum atomic E-state index is 14.4. The maximum Gasteiger partial charge on any atom is 0.471 e. The zero-order valence-electron chi connectivity index (χ0n) is 19.4. The van der Waals surface area contributed by atoms with Gasteiger partial charge in [-0.1, -0.05) is 12.1 Å². The van der Waals surface area contributed by atoms with Gasteiger partial charge < -0.3 is 24.0 Å². The summed E-state index contributed by atoms with van der Waals surface area (Å²) in [5.41, 5.74) is 1.28. The molecule has 1 fully saturated rings. The van der Waals surface area contributed by atoms with E-state index >= 15 is 0 Å². The Labute approximate surface area is 219 Å². The van der Waals surface area contributed by atoms with Gasteiger partial charge in [0.15, 0.2) is 0 Å². The molecule has 5 rings (SSSR count). The van der Waals surface area contributed by atoms with Crippen molar-refractivity contribution in [1.82, 2.24) is 14.1 Å². The fourth-order valence-corrected chi connectivity index (χ4v) is 5.11. The molecule has 13 heteroatoms. The minimum Gasteiger partial charge on any atom is -0.377 e. The van der Waals surface area contributed by atoms with E-state index in [-0.39, 0.29) is 24.8 Å². The van der Waals surface area contributed by atoms with Gasteiger partial charge in [0.1, 0.15) is 24.0 Å². The first kappa shape index (κ1) is 25.8. The molecule has 0 amide bonds. The summed E-state index contributed by atoms with van der Waals surface area (Å²) in [6, 6.07) is 13.3. The highest BCUT2D eigenvalue weighted by atomic mass is 79.9. The number of anilines is 1. The van der Waals surface area contributed by atoms with Crippen LogP contribution in [0.2, 0.25) is 0 Å². The van der Waals surface area contributed by atoms with E-state index < -0.39 is 20.4 Å². The summed E-state index contributed by atoms with van der Waals surface area (Å²) >= 11 is 3.17. The van der Waals surface area contributed by atoms with Crippen LogP contribution in [0, 0.1) is 5.82 Å². The van der Waals surface area contributed by atoms with E-state index in [0.717, 1.165) is 5.39 Å². The first-order valence-corrected chi connectivity index (χ1v) is 13.7. The third kappa shape index (κ3) is 5.54. The van der Waals surface area contributed by atoms with Crippen LogP contribution in [0.4, 0.5) is 10.2 Å². The number of nitrogens with zero attached hydrogens (tertiary/aromatic N) is 4. The number of aromatic nitrogens is 3. The molecule has 0 radical (unpaired) electrons. The molecule has 0 aliphatic carbocycles. The van der Waals surface area contributed by atoms with E-state index in [1.807, 2.05) is 17.0 Å². The van der Waals surface area contributed by atoms with Crippen LogP contribution in [0.15, 0.2) is 70.2 Å². The van der Waals surface area contributed by atoms with E-state index in [4.69, 9.17) is 9.26 Å². The number of phosphoric ester groups is 1. The molecule has 4 aromatic rings. The summed E-state index contributed by atoms with van der Waals surface area (Å²) in [7, 11) is -4.73. The number of benzene rings is 1. The van der Waals surface area contributed by atoms with Crippen LogP contribution in [-0.4, -0.2) is 43.7 Å². The molecule has 1 unspecified atom stereocenters. The summed E-state index contributed by atoms with van der Waals surface area (Å²) in [6.07, 6.45) is 3.21. The molecular formula is C24H23BrFN4O6P. The molecule has 37 heavy (non-hydrogen) atoms. The Morgan fingerprint density at radius 1 is 1.22 bits per heavy atom. The Kier molecular flexibility index (Phi) is 7.30. The second kappa shape index (κ2) is 10.5. The van der Waals surface area contributed by atoms with Crippen molar-refractivity contribution in [2.45, 2.75) is 19.3 Å².